The molecule has 1 aromatic heterocycles. The Labute approximate surface area is 169 Å². The number of fused-ring (bicyclic) bond motifs is 3. The number of rotatable bonds is 4. The molecule has 2 bridgehead atoms. The van der Waals surface area contributed by atoms with Gasteiger partial charge < -0.3 is 19.9 Å². The number of aromatic nitrogens is 1. The lowest BCUT2D eigenvalue weighted by molar-refractivity contribution is -0.138. The second kappa shape index (κ2) is 7.37. The maximum atomic E-state index is 12.9. The SMILES string of the molecule is CC(Oc1ccccc1)C(=O)N1CCc2nc(N3C4CCC3CNC4)sc2C1. The first-order valence-corrected chi connectivity index (χ1v) is 11.0. The van der Waals surface area contributed by atoms with Gasteiger partial charge in [-0.3, -0.25) is 4.79 Å². The van der Waals surface area contributed by atoms with E-state index in [0.717, 1.165) is 30.4 Å². The predicted molar refractivity (Wildman–Crippen MR) is 110 cm³/mol. The molecule has 0 spiro atoms. The largest absolute Gasteiger partial charge is 0.481 e. The van der Waals surface area contributed by atoms with Crippen LogP contribution in [-0.2, 0) is 17.8 Å². The summed E-state index contributed by atoms with van der Waals surface area (Å²) in [7, 11) is 0. The van der Waals surface area contributed by atoms with Crippen LogP contribution in [0.3, 0.4) is 0 Å². The smallest absolute Gasteiger partial charge is 0.263 e. The highest BCUT2D eigenvalue weighted by atomic mass is 32.1. The van der Waals surface area contributed by atoms with Crippen LogP contribution in [0.2, 0.25) is 0 Å². The van der Waals surface area contributed by atoms with E-state index in [-0.39, 0.29) is 5.91 Å². The van der Waals surface area contributed by atoms with Crippen LogP contribution in [-0.4, -0.2) is 53.6 Å². The van der Waals surface area contributed by atoms with Gasteiger partial charge in [0.15, 0.2) is 11.2 Å². The quantitative estimate of drug-likeness (QED) is 0.857. The van der Waals surface area contributed by atoms with Gasteiger partial charge in [-0.05, 0) is 31.9 Å². The summed E-state index contributed by atoms with van der Waals surface area (Å²) in [5, 5.41) is 4.69. The second-order valence-electron chi connectivity index (χ2n) is 7.90. The van der Waals surface area contributed by atoms with Gasteiger partial charge in [-0.2, -0.15) is 0 Å². The molecule has 2 aromatic rings. The van der Waals surface area contributed by atoms with Crippen molar-refractivity contribution in [1.29, 1.82) is 0 Å². The van der Waals surface area contributed by atoms with Crippen molar-refractivity contribution in [3.8, 4) is 5.75 Å². The summed E-state index contributed by atoms with van der Waals surface area (Å²) in [4.78, 5) is 23.6. The summed E-state index contributed by atoms with van der Waals surface area (Å²) < 4.78 is 5.84. The first kappa shape index (κ1) is 17.9. The summed E-state index contributed by atoms with van der Waals surface area (Å²) in [6.45, 7) is 5.31. The molecule has 2 saturated heterocycles. The molecule has 5 rings (SSSR count). The van der Waals surface area contributed by atoms with E-state index in [9.17, 15) is 4.79 Å². The molecule has 2 fully saturated rings. The van der Waals surface area contributed by atoms with Crippen molar-refractivity contribution in [2.24, 2.45) is 0 Å². The maximum absolute atomic E-state index is 12.9. The van der Waals surface area contributed by atoms with Crippen molar-refractivity contribution in [1.82, 2.24) is 15.2 Å². The van der Waals surface area contributed by atoms with Gasteiger partial charge in [0.05, 0.1) is 12.2 Å². The lowest BCUT2D eigenvalue weighted by Crippen LogP contribution is -2.51. The van der Waals surface area contributed by atoms with E-state index >= 15 is 0 Å². The Bertz CT molecular complexity index is 839. The Morgan fingerprint density at radius 1 is 1.25 bits per heavy atom. The summed E-state index contributed by atoms with van der Waals surface area (Å²) in [6.07, 6.45) is 2.85. The van der Waals surface area contributed by atoms with Crippen molar-refractivity contribution in [2.75, 3.05) is 24.5 Å². The zero-order chi connectivity index (χ0) is 19.1. The van der Waals surface area contributed by atoms with Crippen molar-refractivity contribution >= 4 is 22.4 Å². The first-order valence-electron chi connectivity index (χ1n) is 10.2. The standard InChI is InChI=1S/C21H26N4O2S/c1-14(27-17-5-3-2-4-6-17)20(26)24-10-9-18-19(13-24)28-21(23-18)25-15-7-8-16(25)12-22-11-15/h2-6,14-16,22H,7-13H2,1H3. The number of thiazole rings is 1. The molecule has 148 valence electrons. The van der Waals surface area contributed by atoms with Gasteiger partial charge in [0.2, 0.25) is 0 Å². The number of hydrogen-bond donors (Lipinski definition) is 1. The number of benzene rings is 1. The Morgan fingerprint density at radius 2 is 2.00 bits per heavy atom. The average molecular weight is 399 g/mol. The molecule has 0 saturated carbocycles. The highest BCUT2D eigenvalue weighted by molar-refractivity contribution is 7.15. The van der Waals surface area contributed by atoms with E-state index in [1.165, 1.54) is 23.4 Å². The number of carbonyl (C=O) groups is 1. The summed E-state index contributed by atoms with van der Waals surface area (Å²) in [6, 6.07) is 10.7. The number of nitrogens with zero attached hydrogens (tertiary/aromatic N) is 3. The predicted octanol–water partition coefficient (Wildman–Crippen LogP) is 2.44. The molecular weight excluding hydrogens is 372 g/mol. The molecule has 4 heterocycles. The third-order valence-electron chi connectivity index (χ3n) is 6.04. The molecule has 3 unspecified atom stereocenters. The molecule has 6 nitrogen and oxygen atoms in total. The summed E-state index contributed by atoms with van der Waals surface area (Å²) >= 11 is 1.78. The lowest BCUT2D eigenvalue weighted by atomic mass is 10.1. The van der Waals surface area contributed by atoms with Crippen LogP contribution < -0.4 is 15.0 Å². The van der Waals surface area contributed by atoms with Gasteiger partial charge in [-0.25, -0.2) is 4.98 Å². The molecule has 3 aliphatic heterocycles. The number of para-hydroxylation sites is 1. The van der Waals surface area contributed by atoms with Gasteiger partial charge in [0.1, 0.15) is 5.75 Å². The van der Waals surface area contributed by atoms with E-state index in [0.29, 0.717) is 25.2 Å². The average Bonchev–Trinajstić information content (AvgIpc) is 3.24. The number of nitrogens with one attached hydrogen (secondary N) is 1. The van der Waals surface area contributed by atoms with Crippen molar-refractivity contribution < 1.29 is 9.53 Å². The highest BCUT2D eigenvalue weighted by Crippen LogP contribution is 2.38. The number of amides is 1. The van der Waals surface area contributed by atoms with Gasteiger partial charge in [0.25, 0.3) is 5.91 Å². The highest BCUT2D eigenvalue weighted by Gasteiger charge is 2.39. The van der Waals surface area contributed by atoms with Gasteiger partial charge in [0, 0.05) is 43.0 Å². The lowest BCUT2D eigenvalue weighted by Gasteiger charge is -2.35. The minimum Gasteiger partial charge on any atom is -0.481 e. The van der Waals surface area contributed by atoms with Crippen molar-refractivity contribution in [3.05, 3.63) is 40.9 Å². The monoisotopic (exact) mass is 398 g/mol. The Hall–Kier alpha value is -2.12. The molecule has 28 heavy (non-hydrogen) atoms. The van der Waals surface area contributed by atoms with Crippen molar-refractivity contribution in [2.45, 2.75) is 50.9 Å². The fourth-order valence-electron chi connectivity index (χ4n) is 4.58. The molecule has 0 aliphatic carbocycles. The van der Waals surface area contributed by atoms with Crippen LogP contribution >= 0.6 is 11.3 Å². The Balaban J connectivity index is 1.28. The molecule has 7 heteroatoms. The molecular formula is C21H26N4O2S. The number of carbonyl (C=O) groups excluding carboxylic acids is 1. The number of ether oxygens (including phenoxy) is 1. The molecule has 1 N–H and O–H groups in total. The number of hydrogen-bond acceptors (Lipinski definition) is 6. The summed E-state index contributed by atoms with van der Waals surface area (Å²) in [5.74, 6) is 0.780. The van der Waals surface area contributed by atoms with Crippen LogP contribution in [0.25, 0.3) is 0 Å². The molecule has 3 aliphatic rings. The minimum atomic E-state index is -0.486. The molecule has 0 radical (unpaired) electrons. The second-order valence-corrected chi connectivity index (χ2v) is 8.96. The molecule has 1 aromatic carbocycles. The number of anilines is 1. The minimum absolute atomic E-state index is 0.0479. The van der Waals surface area contributed by atoms with E-state index in [4.69, 9.17) is 9.72 Å². The zero-order valence-corrected chi connectivity index (χ0v) is 17.0. The Morgan fingerprint density at radius 3 is 2.75 bits per heavy atom. The van der Waals surface area contributed by atoms with Gasteiger partial charge in [-0.15, -0.1) is 0 Å². The fourth-order valence-corrected chi connectivity index (χ4v) is 5.85. The first-order chi connectivity index (χ1) is 13.7. The van der Waals surface area contributed by atoms with E-state index in [1.54, 1.807) is 11.3 Å². The maximum Gasteiger partial charge on any atom is 0.263 e. The van der Waals surface area contributed by atoms with Crippen LogP contribution in [0.1, 0.15) is 30.3 Å². The van der Waals surface area contributed by atoms with E-state index in [1.807, 2.05) is 42.2 Å². The Kier molecular flexibility index (Phi) is 4.72. The fraction of sp³-hybridized carbons (Fsp3) is 0.524. The third-order valence-corrected chi connectivity index (χ3v) is 7.13. The number of piperazine rings is 1. The van der Waals surface area contributed by atoms with Gasteiger partial charge >= 0.3 is 0 Å². The van der Waals surface area contributed by atoms with Crippen LogP contribution in [0.5, 0.6) is 5.75 Å². The topological polar surface area (TPSA) is 57.7 Å². The molecule has 1 amide bonds. The van der Waals surface area contributed by atoms with Crippen LogP contribution in [0.15, 0.2) is 30.3 Å². The third kappa shape index (κ3) is 3.26. The van der Waals surface area contributed by atoms with Gasteiger partial charge in [-0.1, -0.05) is 29.5 Å². The van der Waals surface area contributed by atoms with Crippen LogP contribution in [0.4, 0.5) is 5.13 Å². The van der Waals surface area contributed by atoms with E-state index < -0.39 is 6.10 Å². The summed E-state index contributed by atoms with van der Waals surface area (Å²) in [5.41, 5.74) is 1.18. The normalized spacial score (nSPS) is 24.8. The zero-order valence-electron chi connectivity index (χ0n) is 16.1. The van der Waals surface area contributed by atoms with E-state index in [2.05, 4.69) is 10.2 Å². The van der Waals surface area contributed by atoms with Crippen LogP contribution in [0, 0.1) is 0 Å². The molecule has 3 atom stereocenters. The van der Waals surface area contributed by atoms with Crippen molar-refractivity contribution in [3.63, 3.8) is 0 Å².